The lowest BCUT2D eigenvalue weighted by atomic mass is 9.88. The third-order valence-electron chi connectivity index (χ3n) is 8.47. The van der Waals surface area contributed by atoms with Crippen LogP contribution in [0.1, 0.15) is 43.7 Å². The molecule has 0 radical (unpaired) electrons. The molecule has 9 nitrogen and oxygen atoms in total. The van der Waals surface area contributed by atoms with Crippen molar-refractivity contribution in [2.24, 2.45) is 0 Å². The van der Waals surface area contributed by atoms with Gasteiger partial charge in [-0.1, -0.05) is 13.5 Å². The van der Waals surface area contributed by atoms with E-state index in [-0.39, 0.29) is 43.1 Å². The highest BCUT2D eigenvalue weighted by Gasteiger charge is 2.35. The third kappa shape index (κ3) is 6.25. The molecule has 38 heavy (non-hydrogen) atoms. The molecule has 2 aliphatic heterocycles. The number of nitrogens with zero attached hydrogens (tertiary/aromatic N) is 4. The minimum atomic E-state index is -3.69. The van der Waals surface area contributed by atoms with E-state index in [0.29, 0.717) is 22.9 Å². The molecule has 4 rings (SSSR count). The molecule has 1 amide bonds. The van der Waals surface area contributed by atoms with Gasteiger partial charge in [-0.15, -0.1) is 0 Å². The topological polar surface area (TPSA) is 82.6 Å². The smallest absolute Gasteiger partial charge is 0.248 e. The second-order valence-electron chi connectivity index (χ2n) is 10.8. The van der Waals surface area contributed by atoms with Gasteiger partial charge in [0, 0.05) is 64.0 Å². The van der Waals surface area contributed by atoms with Crippen LogP contribution in [0.15, 0.2) is 23.6 Å². The van der Waals surface area contributed by atoms with Gasteiger partial charge in [-0.05, 0) is 62.4 Å². The van der Waals surface area contributed by atoms with E-state index in [1.807, 2.05) is 11.9 Å². The van der Waals surface area contributed by atoms with Crippen molar-refractivity contribution in [3.05, 3.63) is 29.8 Å². The summed E-state index contributed by atoms with van der Waals surface area (Å²) in [6.07, 6.45) is 4.36. The predicted molar refractivity (Wildman–Crippen MR) is 149 cm³/mol. The Labute approximate surface area is 228 Å². The highest BCUT2D eigenvalue weighted by Crippen LogP contribution is 2.37. The van der Waals surface area contributed by atoms with Crippen molar-refractivity contribution in [3.8, 4) is 5.75 Å². The van der Waals surface area contributed by atoms with Gasteiger partial charge < -0.3 is 19.3 Å². The average molecular weight is 549 g/mol. The first-order valence-electron chi connectivity index (χ1n) is 13.8. The minimum Gasteiger partial charge on any atom is -0.497 e. The number of hydrogen-bond acceptors (Lipinski definition) is 7. The summed E-state index contributed by atoms with van der Waals surface area (Å²) in [5.74, 6) is 0.561. The maximum Gasteiger partial charge on any atom is 0.248 e. The summed E-state index contributed by atoms with van der Waals surface area (Å²) in [4.78, 5) is 20.1. The van der Waals surface area contributed by atoms with Gasteiger partial charge in [-0.3, -0.25) is 9.69 Å². The van der Waals surface area contributed by atoms with Crippen LogP contribution >= 0.6 is 0 Å². The zero-order valence-electron chi connectivity index (χ0n) is 23.4. The van der Waals surface area contributed by atoms with Gasteiger partial charge in [0.05, 0.1) is 18.6 Å². The molecular formula is C28H44N4O5S. The number of carbonyl (C=O) groups is 1. The molecule has 1 aliphatic carbocycles. The number of ether oxygens (including phenoxy) is 2. The first kappa shape index (κ1) is 29.0. The SMILES string of the molecule is C=C1CN(CCOCC(=O)N(C)[C@@H]2CCC[C@@H](N3CCN(CC)CC3)C2)S(=O)(=O)c2c(C)cc(OC)cc21. The molecule has 0 unspecified atom stereocenters. The summed E-state index contributed by atoms with van der Waals surface area (Å²) in [6.45, 7) is 14.1. The van der Waals surface area contributed by atoms with Gasteiger partial charge in [-0.2, -0.15) is 4.31 Å². The van der Waals surface area contributed by atoms with E-state index in [1.165, 1.54) is 10.7 Å². The molecule has 0 N–H and O–H groups in total. The first-order chi connectivity index (χ1) is 18.1. The van der Waals surface area contributed by atoms with E-state index in [2.05, 4.69) is 23.3 Å². The van der Waals surface area contributed by atoms with Crippen molar-refractivity contribution < 1.29 is 22.7 Å². The minimum absolute atomic E-state index is 0.0471. The quantitative estimate of drug-likeness (QED) is 0.439. The van der Waals surface area contributed by atoms with Crippen molar-refractivity contribution in [1.29, 1.82) is 0 Å². The average Bonchev–Trinajstić information content (AvgIpc) is 2.92. The van der Waals surface area contributed by atoms with Crippen molar-refractivity contribution in [2.75, 3.05) is 73.2 Å². The van der Waals surface area contributed by atoms with Gasteiger partial charge in [-0.25, -0.2) is 8.42 Å². The fraction of sp³-hybridized carbons (Fsp3) is 0.679. The van der Waals surface area contributed by atoms with Crippen LogP contribution in [0.25, 0.3) is 5.57 Å². The van der Waals surface area contributed by atoms with Gasteiger partial charge in [0.15, 0.2) is 0 Å². The molecule has 1 saturated heterocycles. The number of aryl methyl sites for hydroxylation is 1. The summed E-state index contributed by atoms with van der Waals surface area (Å²) in [5.41, 5.74) is 1.95. The Balaban J connectivity index is 1.26. The molecular weight excluding hydrogens is 504 g/mol. The number of benzene rings is 1. The number of sulfonamides is 1. The normalized spacial score (nSPS) is 24.7. The van der Waals surface area contributed by atoms with Gasteiger partial charge >= 0.3 is 0 Å². The Kier molecular flexibility index (Phi) is 9.52. The lowest BCUT2D eigenvalue weighted by Gasteiger charge is -2.43. The lowest BCUT2D eigenvalue weighted by molar-refractivity contribution is -0.138. The predicted octanol–water partition coefficient (Wildman–Crippen LogP) is 2.44. The molecule has 2 fully saturated rings. The summed E-state index contributed by atoms with van der Waals surface area (Å²) < 4.78 is 39.0. The number of hydrogen-bond donors (Lipinski definition) is 0. The molecule has 3 aliphatic rings. The fourth-order valence-electron chi connectivity index (χ4n) is 6.07. The van der Waals surface area contributed by atoms with E-state index >= 15 is 0 Å². The largest absolute Gasteiger partial charge is 0.497 e. The number of likely N-dealkylation sites (N-methyl/N-ethyl adjacent to an activating group) is 2. The van der Waals surface area contributed by atoms with Crippen LogP contribution in [0.2, 0.25) is 0 Å². The Hall–Kier alpha value is -1.98. The standard InChI is InChI=1S/C28H44N4O5S/c1-6-30-10-12-31(13-11-30)24-9-7-8-23(17-24)29(4)27(33)20-37-15-14-32-19-22(3)26-18-25(36-5)16-21(2)28(26)38(32,34)35/h16,18,23-24H,3,6-15,17,19-20H2,1-2,4-5H3/t23-,24-/m1/s1. The second kappa shape index (κ2) is 12.5. The van der Waals surface area contributed by atoms with Crippen molar-refractivity contribution in [1.82, 2.24) is 19.0 Å². The molecule has 0 spiro atoms. The lowest BCUT2D eigenvalue weighted by Crippen LogP contribution is -2.53. The molecule has 2 atom stereocenters. The number of rotatable bonds is 9. The monoisotopic (exact) mass is 548 g/mol. The Morgan fingerprint density at radius 2 is 1.92 bits per heavy atom. The zero-order chi connectivity index (χ0) is 27.4. The Bertz CT molecular complexity index is 1120. The van der Waals surface area contributed by atoms with Crippen molar-refractivity contribution in [3.63, 3.8) is 0 Å². The molecule has 0 bridgehead atoms. The molecule has 1 aromatic carbocycles. The van der Waals surface area contributed by atoms with Crippen LogP contribution < -0.4 is 4.74 Å². The molecule has 212 valence electrons. The molecule has 1 saturated carbocycles. The van der Waals surface area contributed by atoms with E-state index in [4.69, 9.17) is 9.47 Å². The molecule has 2 heterocycles. The van der Waals surface area contributed by atoms with Crippen LogP contribution in [0.4, 0.5) is 0 Å². The number of methoxy groups -OCH3 is 1. The number of fused-ring (bicyclic) bond motifs is 1. The molecule has 10 heteroatoms. The maximum atomic E-state index is 13.3. The van der Waals surface area contributed by atoms with Gasteiger partial charge in [0.2, 0.25) is 15.9 Å². The van der Waals surface area contributed by atoms with Crippen molar-refractivity contribution in [2.45, 2.75) is 56.5 Å². The van der Waals surface area contributed by atoms with Gasteiger partial charge in [0.1, 0.15) is 12.4 Å². The van der Waals surface area contributed by atoms with Crippen LogP contribution in [0, 0.1) is 6.92 Å². The summed E-state index contributed by atoms with van der Waals surface area (Å²) in [7, 11) is -0.258. The summed E-state index contributed by atoms with van der Waals surface area (Å²) in [6, 6.07) is 4.20. The van der Waals surface area contributed by atoms with Crippen LogP contribution in [-0.2, 0) is 19.6 Å². The highest BCUT2D eigenvalue weighted by atomic mass is 32.2. The van der Waals surface area contributed by atoms with Gasteiger partial charge in [0.25, 0.3) is 0 Å². The number of piperazine rings is 1. The van der Waals surface area contributed by atoms with E-state index in [1.54, 1.807) is 26.2 Å². The van der Waals surface area contributed by atoms with Crippen molar-refractivity contribution >= 4 is 21.5 Å². The fourth-order valence-corrected chi connectivity index (χ4v) is 7.92. The first-order valence-corrected chi connectivity index (χ1v) is 15.3. The van der Waals surface area contributed by atoms with Crippen LogP contribution in [0.5, 0.6) is 5.75 Å². The maximum absolute atomic E-state index is 13.3. The van der Waals surface area contributed by atoms with E-state index in [9.17, 15) is 13.2 Å². The zero-order valence-corrected chi connectivity index (χ0v) is 24.3. The van der Waals surface area contributed by atoms with E-state index in [0.717, 1.165) is 57.6 Å². The summed E-state index contributed by atoms with van der Waals surface area (Å²) in [5, 5.41) is 0. The van der Waals surface area contributed by atoms with E-state index < -0.39 is 10.0 Å². The second-order valence-corrected chi connectivity index (χ2v) is 12.6. The van der Waals surface area contributed by atoms with Crippen LogP contribution in [-0.4, -0.2) is 119 Å². The molecule has 0 aromatic heterocycles. The summed E-state index contributed by atoms with van der Waals surface area (Å²) >= 11 is 0. The third-order valence-corrected chi connectivity index (χ3v) is 10.5. The van der Waals surface area contributed by atoms with Crippen LogP contribution in [0.3, 0.4) is 0 Å². The molecule has 1 aromatic rings. The Morgan fingerprint density at radius 3 is 2.61 bits per heavy atom. The number of amides is 1. The highest BCUT2D eigenvalue weighted by molar-refractivity contribution is 7.89. The number of carbonyl (C=O) groups excluding carboxylic acids is 1. The Morgan fingerprint density at radius 1 is 1.18 bits per heavy atom.